The van der Waals surface area contributed by atoms with Crippen molar-refractivity contribution in [3.05, 3.63) is 48.0 Å². The van der Waals surface area contributed by atoms with Crippen LogP contribution in [0, 0.1) is 0 Å². The lowest BCUT2D eigenvalue weighted by Crippen LogP contribution is -2.41. The second-order valence-electron chi connectivity index (χ2n) is 7.25. The van der Waals surface area contributed by atoms with Crippen molar-refractivity contribution in [3.63, 3.8) is 0 Å². The Kier molecular flexibility index (Phi) is 4.13. The Labute approximate surface area is 147 Å². The van der Waals surface area contributed by atoms with Crippen molar-refractivity contribution in [2.24, 2.45) is 0 Å². The summed E-state index contributed by atoms with van der Waals surface area (Å²) in [5, 5.41) is 18.9. The molecular formula is C19H21BO5. The van der Waals surface area contributed by atoms with Gasteiger partial charge in [0.15, 0.2) is 0 Å². The van der Waals surface area contributed by atoms with Crippen LogP contribution in [0.4, 0.5) is 0 Å². The summed E-state index contributed by atoms with van der Waals surface area (Å²) in [5.74, 6) is -1.42. The van der Waals surface area contributed by atoms with Crippen LogP contribution >= 0.6 is 0 Å². The molecule has 2 N–H and O–H groups in total. The highest BCUT2D eigenvalue weighted by Crippen LogP contribution is 2.36. The molecular weight excluding hydrogens is 319 g/mol. The summed E-state index contributed by atoms with van der Waals surface area (Å²) >= 11 is 0. The van der Waals surface area contributed by atoms with Gasteiger partial charge in [0, 0.05) is 0 Å². The van der Waals surface area contributed by atoms with Crippen molar-refractivity contribution in [1.29, 1.82) is 0 Å². The summed E-state index contributed by atoms with van der Waals surface area (Å²) in [6.07, 6.45) is 0. The second-order valence-corrected chi connectivity index (χ2v) is 7.25. The van der Waals surface area contributed by atoms with Gasteiger partial charge in [-0.15, -0.1) is 0 Å². The van der Waals surface area contributed by atoms with Gasteiger partial charge in [-0.1, -0.05) is 30.3 Å². The summed E-state index contributed by atoms with van der Waals surface area (Å²) in [7, 11) is -0.475. The smallest absolute Gasteiger partial charge is 0.494 e. The number of aromatic hydroxyl groups is 1. The van der Waals surface area contributed by atoms with Crippen LogP contribution < -0.4 is 5.46 Å². The van der Waals surface area contributed by atoms with E-state index in [1.165, 1.54) is 12.1 Å². The van der Waals surface area contributed by atoms with E-state index in [2.05, 4.69) is 0 Å². The van der Waals surface area contributed by atoms with E-state index in [4.69, 9.17) is 14.4 Å². The number of carbonyl (C=O) groups is 1. The molecule has 2 aromatic carbocycles. The number of hydrogen-bond acceptors (Lipinski definition) is 4. The number of rotatable bonds is 3. The van der Waals surface area contributed by atoms with Crippen LogP contribution in [-0.2, 0) is 9.31 Å². The first-order valence-electron chi connectivity index (χ1n) is 8.13. The monoisotopic (exact) mass is 340 g/mol. The fourth-order valence-corrected chi connectivity index (χ4v) is 2.74. The van der Waals surface area contributed by atoms with E-state index in [1.807, 2.05) is 52.0 Å². The summed E-state index contributed by atoms with van der Waals surface area (Å²) in [6, 6.07) is 12.2. The molecule has 1 saturated heterocycles. The molecule has 1 aliphatic heterocycles. The van der Waals surface area contributed by atoms with Crippen molar-refractivity contribution in [2.45, 2.75) is 38.9 Å². The van der Waals surface area contributed by atoms with Crippen LogP contribution in [0.3, 0.4) is 0 Å². The van der Waals surface area contributed by atoms with Gasteiger partial charge in [0.05, 0.1) is 11.2 Å². The molecule has 3 rings (SSSR count). The van der Waals surface area contributed by atoms with Gasteiger partial charge in [0.25, 0.3) is 0 Å². The zero-order valence-corrected chi connectivity index (χ0v) is 14.7. The lowest BCUT2D eigenvalue weighted by Gasteiger charge is -2.32. The Morgan fingerprint density at radius 3 is 2.12 bits per heavy atom. The third kappa shape index (κ3) is 3.15. The lowest BCUT2D eigenvalue weighted by molar-refractivity contribution is 0.00578. The zero-order valence-electron chi connectivity index (χ0n) is 14.7. The number of aromatic carboxylic acids is 1. The maximum atomic E-state index is 11.0. The van der Waals surface area contributed by atoms with Crippen LogP contribution in [0.15, 0.2) is 42.5 Å². The average Bonchev–Trinajstić information content (AvgIpc) is 2.75. The Balaban J connectivity index is 1.93. The van der Waals surface area contributed by atoms with Crippen molar-refractivity contribution in [1.82, 2.24) is 0 Å². The molecule has 6 heteroatoms. The van der Waals surface area contributed by atoms with E-state index in [-0.39, 0.29) is 11.3 Å². The van der Waals surface area contributed by atoms with Gasteiger partial charge in [-0.25, -0.2) is 4.79 Å². The molecule has 5 nitrogen and oxygen atoms in total. The predicted molar refractivity (Wildman–Crippen MR) is 96.2 cm³/mol. The molecule has 25 heavy (non-hydrogen) atoms. The number of carboxylic acids is 1. The zero-order chi connectivity index (χ0) is 18.4. The molecule has 0 bridgehead atoms. The van der Waals surface area contributed by atoms with Crippen LogP contribution in [0.2, 0.25) is 0 Å². The molecule has 0 atom stereocenters. The first kappa shape index (κ1) is 17.5. The van der Waals surface area contributed by atoms with E-state index in [0.29, 0.717) is 0 Å². The highest BCUT2D eigenvalue weighted by molar-refractivity contribution is 6.62. The number of carboxylic acid groups (broad SMARTS) is 1. The van der Waals surface area contributed by atoms with Gasteiger partial charge in [-0.3, -0.25) is 0 Å². The largest absolute Gasteiger partial charge is 0.507 e. The quantitative estimate of drug-likeness (QED) is 0.840. The van der Waals surface area contributed by atoms with Gasteiger partial charge >= 0.3 is 13.1 Å². The van der Waals surface area contributed by atoms with Crippen LogP contribution in [-0.4, -0.2) is 34.5 Å². The van der Waals surface area contributed by atoms with Gasteiger partial charge < -0.3 is 19.5 Å². The van der Waals surface area contributed by atoms with E-state index in [1.54, 1.807) is 6.07 Å². The lowest BCUT2D eigenvalue weighted by atomic mass is 9.78. The molecule has 0 aliphatic carbocycles. The fourth-order valence-electron chi connectivity index (χ4n) is 2.74. The maximum absolute atomic E-state index is 11.0. The molecule has 0 spiro atoms. The number of hydrogen-bond donors (Lipinski definition) is 2. The molecule has 0 saturated carbocycles. The van der Waals surface area contributed by atoms with Gasteiger partial charge in [0.1, 0.15) is 11.3 Å². The third-order valence-corrected chi connectivity index (χ3v) is 4.97. The summed E-state index contributed by atoms with van der Waals surface area (Å²) in [6.45, 7) is 8.00. The molecule has 0 amide bonds. The van der Waals surface area contributed by atoms with Crippen molar-refractivity contribution in [3.8, 4) is 16.9 Å². The maximum Gasteiger partial charge on any atom is 0.494 e. The van der Waals surface area contributed by atoms with Crippen molar-refractivity contribution in [2.75, 3.05) is 0 Å². The number of phenols is 1. The highest BCUT2D eigenvalue weighted by atomic mass is 16.7. The van der Waals surface area contributed by atoms with Crippen LogP contribution in [0.5, 0.6) is 5.75 Å². The topological polar surface area (TPSA) is 76.0 Å². The third-order valence-electron chi connectivity index (χ3n) is 4.97. The molecule has 0 radical (unpaired) electrons. The Hall–Kier alpha value is -2.31. The van der Waals surface area contributed by atoms with Crippen LogP contribution in [0.25, 0.3) is 11.1 Å². The predicted octanol–water partition coefficient (Wildman–Crippen LogP) is 3.06. The molecule has 1 fully saturated rings. The minimum Gasteiger partial charge on any atom is -0.507 e. The normalized spacial score (nSPS) is 18.3. The fraction of sp³-hybridized carbons (Fsp3) is 0.316. The summed E-state index contributed by atoms with van der Waals surface area (Å²) in [4.78, 5) is 11.0. The minimum absolute atomic E-state index is 0.120. The first-order valence-corrected chi connectivity index (χ1v) is 8.13. The molecule has 1 heterocycles. The molecule has 1 aliphatic rings. The Morgan fingerprint density at radius 1 is 0.960 bits per heavy atom. The van der Waals surface area contributed by atoms with Crippen molar-refractivity contribution >= 4 is 18.6 Å². The molecule has 2 aromatic rings. The minimum atomic E-state index is -1.16. The van der Waals surface area contributed by atoms with Gasteiger partial charge in [-0.05, 0) is 56.4 Å². The Bertz CT molecular complexity index is 812. The summed E-state index contributed by atoms with van der Waals surface area (Å²) in [5.41, 5.74) is 1.48. The standard InChI is InChI=1S/C19H21BO5/c1-18(2)19(3,4)25-20(24-18)14-7-5-6-12(10-14)13-8-9-15(17(22)23)16(21)11-13/h5-11,21H,1-4H3,(H,22,23). The van der Waals surface area contributed by atoms with Crippen molar-refractivity contribution < 1.29 is 24.3 Å². The van der Waals surface area contributed by atoms with Gasteiger partial charge in [0.2, 0.25) is 0 Å². The number of benzene rings is 2. The van der Waals surface area contributed by atoms with E-state index in [9.17, 15) is 9.90 Å². The van der Waals surface area contributed by atoms with E-state index in [0.717, 1.165) is 16.6 Å². The average molecular weight is 340 g/mol. The Morgan fingerprint density at radius 2 is 1.56 bits per heavy atom. The first-order chi connectivity index (χ1) is 11.6. The van der Waals surface area contributed by atoms with E-state index >= 15 is 0 Å². The van der Waals surface area contributed by atoms with E-state index < -0.39 is 24.3 Å². The molecule has 0 aromatic heterocycles. The summed E-state index contributed by atoms with van der Waals surface area (Å²) < 4.78 is 12.1. The molecule has 130 valence electrons. The highest BCUT2D eigenvalue weighted by Gasteiger charge is 2.51. The van der Waals surface area contributed by atoms with Crippen LogP contribution in [0.1, 0.15) is 38.1 Å². The van der Waals surface area contributed by atoms with Gasteiger partial charge in [-0.2, -0.15) is 0 Å². The second kappa shape index (κ2) is 5.90. The SMILES string of the molecule is CC1(C)OB(c2cccc(-c3ccc(C(=O)O)c(O)c3)c2)OC1(C)C. The molecule has 0 unspecified atom stereocenters.